The van der Waals surface area contributed by atoms with Gasteiger partial charge in [-0.25, -0.2) is 4.39 Å². The van der Waals surface area contributed by atoms with Gasteiger partial charge in [0.2, 0.25) is 0 Å². The highest BCUT2D eigenvalue weighted by Crippen LogP contribution is 2.30. The molecule has 1 fully saturated rings. The third-order valence-electron chi connectivity index (χ3n) is 3.38. The van der Waals surface area contributed by atoms with Crippen LogP contribution in [0.2, 0.25) is 0 Å². The second-order valence-electron chi connectivity index (χ2n) is 4.69. The number of nitrogens with two attached hydrogens (primary N) is 1. The zero-order chi connectivity index (χ0) is 13.8. The smallest absolute Gasteiger partial charge is 0.179 e. The molecular formula is C13H16BrFN2O2. The highest BCUT2D eigenvalue weighted by molar-refractivity contribution is 9.10. The summed E-state index contributed by atoms with van der Waals surface area (Å²) >= 11 is 3.10. The first kappa shape index (κ1) is 14.1. The van der Waals surface area contributed by atoms with Gasteiger partial charge in [-0.2, -0.15) is 0 Å². The van der Waals surface area contributed by atoms with Crippen molar-refractivity contribution in [1.29, 1.82) is 0 Å². The van der Waals surface area contributed by atoms with Gasteiger partial charge in [0.1, 0.15) is 0 Å². The molecule has 19 heavy (non-hydrogen) atoms. The van der Waals surface area contributed by atoms with Crippen LogP contribution in [0, 0.1) is 11.7 Å². The summed E-state index contributed by atoms with van der Waals surface area (Å²) in [4.78, 5) is 0. The number of hydrogen-bond acceptors (Lipinski definition) is 3. The van der Waals surface area contributed by atoms with E-state index in [0.717, 1.165) is 12.8 Å². The summed E-state index contributed by atoms with van der Waals surface area (Å²) in [6, 6.07) is 3.06. The molecule has 0 aromatic heterocycles. The van der Waals surface area contributed by atoms with Gasteiger partial charge >= 0.3 is 0 Å². The molecule has 0 bridgehead atoms. The molecule has 0 atom stereocenters. The van der Waals surface area contributed by atoms with E-state index in [1.807, 2.05) is 0 Å². The van der Waals surface area contributed by atoms with Gasteiger partial charge in [-0.05, 0) is 46.8 Å². The Kier molecular flexibility index (Phi) is 4.63. The summed E-state index contributed by atoms with van der Waals surface area (Å²) in [5, 5.41) is 11.5. The molecule has 1 aliphatic carbocycles. The fourth-order valence-corrected chi connectivity index (χ4v) is 2.81. The van der Waals surface area contributed by atoms with Crippen LogP contribution in [0.5, 0.6) is 5.75 Å². The highest BCUT2D eigenvalue weighted by atomic mass is 79.9. The number of nitrogens with zero attached hydrogens (tertiary/aromatic N) is 1. The number of rotatable bonds is 4. The molecular weight excluding hydrogens is 315 g/mol. The number of benzene rings is 1. The Hall–Kier alpha value is -1.30. The van der Waals surface area contributed by atoms with Gasteiger partial charge in [0.25, 0.3) is 0 Å². The van der Waals surface area contributed by atoms with Gasteiger partial charge < -0.3 is 15.7 Å². The van der Waals surface area contributed by atoms with E-state index in [1.54, 1.807) is 6.07 Å². The van der Waals surface area contributed by atoms with Crippen LogP contribution in [-0.2, 0) is 0 Å². The van der Waals surface area contributed by atoms with Crippen molar-refractivity contribution in [3.63, 3.8) is 0 Å². The van der Waals surface area contributed by atoms with Gasteiger partial charge in [0, 0.05) is 5.56 Å². The molecule has 0 heterocycles. The fourth-order valence-electron chi connectivity index (χ4n) is 2.28. The molecule has 4 nitrogen and oxygen atoms in total. The first-order chi connectivity index (χ1) is 9.13. The minimum absolute atomic E-state index is 0.145. The lowest BCUT2D eigenvalue weighted by Gasteiger charge is -2.13. The lowest BCUT2D eigenvalue weighted by Crippen LogP contribution is -2.15. The summed E-state index contributed by atoms with van der Waals surface area (Å²) in [5.41, 5.74) is 5.75. The van der Waals surface area contributed by atoms with E-state index >= 15 is 0 Å². The molecule has 0 aliphatic heterocycles. The predicted molar refractivity (Wildman–Crippen MR) is 74.1 cm³/mol. The number of ether oxygens (including phenoxy) is 1. The lowest BCUT2D eigenvalue weighted by molar-refractivity contribution is 0.241. The molecule has 0 spiro atoms. The van der Waals surface area contributed by atoms with Crippen LogP contribution in [0.3, 0.4) is 0 Å². The van der Waals surface area contributed by atoms with Crippen molar-refractivity contribution in [2.24, 2.45) is 16.8 Å². The predicted octanol–water partition coefficient (Wildman–Crippen LogP) is 3.25. The second-order valence-corrected chi connectivity index (χ2v) is 5.48. The first-order valence-electron chi connectivity index (χ1n) is 6.22. The minimum atomic E-state index is -0.526. The van der Waals surface area contributed by atoms with E-state index in [0.29, 0.717) is 18.1 Å². The van der Waals surface area contributed by atoms with Crippen LogP contribution >= 0.6 is 15.9 Å². The standard InChI is InChI=1S/C13H16BrFN2O2/c14-11-9(13(16)17-18)5-6-10(12(11)15)19-7-8-3-1-2-4-8/h5-6,8,18H,1-4,7H2,(H2,16,17). The average Bonchev–Trinajstić information content (AvgIpc) is 2.93. The van der Waals surface area contributed by atoms with E-state index in [1.165, 1.54) is 18.9 Å². The molecule has 1 saturated carbocycles. The molecule has 104 valence electrons. The van der Waals surface area contributed by atoms with E-state index < -0.39 is 5.82 Å². The van der Waals surface area contributed by atoms with Crippen LogP contribution in [0.15, 0.2) is 21.8 Å². The molecule has 0 radical (unpaired) electrons. The number of halogens is 2. The minimum Gasteiger partial charge on any atom is -0.490 e. The lowest BCUT2D eigenvalue weighted by atomic mass is 10.1. The maximum atomic E-state index is 14.1. The first-order valence-corrected chi connectivity index (χ1v) is 7.01. The number of oxime groups is 1. The Labute approximate surface area is 119 Å². The van der Waals surface area contributed by atoms with Crippen LogP contribution in [-0.4, -0.2) is 17.6 Å². The Morgan fingerprint density at radius 1 is 1.47 bits per heavy atom. The Balaban J connectivity index is 2.11. The third kappa shape index (κ3) is 3.18. The van der Waals surface area contributed by atoms with Gasteiger partial charge in [-0.15, -0.1) is 0 Å². The molecule has 1 aromatic rings. The molecule has 1 aliphatic rings. The van der Waals surface area contributed by atoms with E-state index in [9.17, 15) is 4.39 Å². The normalized spacial score (nSPS) is 16.8. The van der Waals surface area contributed by atoms with Crippen molar-refractivity contribution in [3.05, 3.63) is 28.0 Å². The zero-order valence-electron chi connectivity index (χ0n) is 10.4. The van der Waals surface area contributed by atoms with E-state index in [2.05, 4.69) is 21.1 Å². The summed E-state index contributed by atoms with van der Waals surface area (Å²) in [6.07, 6.45) is 4.74. The van der Waals surface area contributed by atoms with Crippen LogP contribution in [0.25, 0.3) is 0 Å². The van der Waals surface area contributed by atoms with Crippen molar-refractivity contribution in [3.8, 4) is 5.75 Å². The van der Waals surface area contributed by atoms with E-state index in [-0.39, 0.29) is 16.1 Å². The van der Waals surface area contributed by atoms with Crippen molar-refractivity contribution in [2.45, 2.75) is 25.7 Å². The summed E-state index contributed by atoms with van der Waals surface area (Å²) < 4.78 is 19.7. The fraction of sp³-hybridized carbons (Fsp3) is 0.462. The summed E-state index contributed by atoms with van der Waals surface area (Å²) in [7, 11) is 0. The second kappa shape index (κ2) is 6.23. The number of amidine groups is 1. The van der Waals surface area contributed by atoms with Gasteiger partial charge in [0.05, 0.1) is 11.1 Å². The Bertz CT molecular complexity index is 488. The molecule has 2 rings (SSSR count). The Morgan fingerprint density at radius 2 is 2.16 bits per heavy atom. The largest absolute Gasteiger partial charge is 0.490 e. The van der Waals surface area contributed by atoms with Crippen molar-refractivity contribution >= 4 is 21.8 Å². The SMILES string of the molecule is N/C(=N/O)c1ccc(OCC2CCCC2)c(F)c1Br. The average molecular weight is 331 g/mol. The molecule has 6 heteroatoms. The summed E-state index contributed by atoms with van der Waals surface area (Å²) in [6.45, 7) is 0.534. The van der Waals surface area contributed by atoms with Crippen molar-refractivity contribution < 1.29 is 14.3 Å². The molecule has 0 unspecified atom stereocenters. The highest BCUT2D eigenvalue weighted by Gasteiger charge is 2.18. The zero-order valence-corrected chi connectivity index (χ0v) is 12.0. The van der Waals surface area contributed by atoms with Gasteiger partial charge in [-0.3, -0.25) is 0 Å². The van der Waals surface area contributed by atoms with Crippen molar-refractivity contribution in [2.75, 3.05) is 6.61 Å². The molecule has 0 amide bonds. The molecule has 0 saturated heterocycles. The van der Waals surface area contributed by atoms with E-state index in [4.69, 9.17) is 15.7 Å². The maximum Gasteiger partial charge on any atom is 0.179 e. The van der Waals surface area contributed by atoms with Crippen LogP contribution < -0.4 is 10.5 Å². The monoisotopic (exact) mass is 330 g/mol. The topological polar surface area (TPSA) is 67.8 Å². The van der Waals surface area contributed by atoms with Crippen LogP contribution in [0.4, 0.5) is 4.39 Å². The number of hydrogen-bond donors (Lipinski definition) is 2. The Morgan fingerprint density at radius 3 is 2.79 bits per heavy atom. The van der Waals surface area contributed by atoms with Crippen molar-refractivity contribution in [1.82, 2.24) is 0 Å². The maximum absolute atomic E-state index is 14.1. The van der Waals surface area contributed by atoms with Crippen LogP contribution in [0.1, 0.15) is 31.2 Å². The van der Waals surface area contributed by atoms with Gasteiger partial charge in [0.15, 0.2) is 17.4 Å². The third-order valence-corrected chi connectivity index (χ3v) is 4.16. The molecule has 3 N–H and O–H groups in total. The quantitative estimate of drug-likeness (QED) is 0.385. The summed E-state index contributed by atoms with van der Waals surface area (Å²) in [5.74, 6) is 0.0328. The van der Waals surface area contributed by atoms with Gasteiger partial charge in [-0.1, -0.05) is 18.0 Å². The molecule has 1 aromatic carbocycles.